The molecule has 0 unspecified atom stereocenters. The molecule has 0 saturated carbocycles. The topological polar surface area (TPSA) is 88.7 Å². The first kappa shape index (κ1) is 16.7. The van der Waals surface area contributed by atoms with Gasteiger partial charge in [-0.25, -0.2) is 13.2 Å². The molecule has 24 heavy (non-hydrogen) atoms. The Kier molecular flexibility index (Phi) is 4.70. The van der Waals surface area contributed by atoms with Crippen LogP contribution in [0.1, 0.15) is 16.1 Å². The number of hydrogen-bond acceptors (Lipinski definition) is 5. The maximum atomic E-state index is 12.5. The van der Waals surface area contributed by atoms with Crippen LogP contribution in [0.25, 0.3) is 0 Å². The summed E-state index contributed by atoms with van der Waals surface area (Å²) in [5, 5.41) is 0. The van der Waals surface area contributed by atoms with Crippen molar-refractivity contribution in [3.8, 4) is 5.75 Å². The van der Waals surface area contributed by atoms with Gasteiger partial charge in [0.25, 0.3) is 0 Å². The van der Waals surface area contributed by atoms with Gasteiger partial charge in [-0.15, -0.1) is 0 Å². The number of carbonyl (C=O) groups is 1. The SMILES string of the molecule is Cc1cccc(OC(=O)c2cc(S(=O)(=O)N3CCOCC3)c[nH]2)c1. The predicted molar refractivity (Wildman–Crippen MR) is 86.5 cm³/mol. The molecule has 2 heterocycles. The molecule has 1 aromatic heterocycles. The molecular weight excluding hydrogens is 332 g/mol. The molecule has 0 radical (unpaired) electrons. The van der Waals surface area contributed by atoms with E-state index >= 15 is 0 Å². The Morgan fingerprint density at radius 2 is 2.00 bits per heavy atom. The highest BCUT2D eigenvalue weighted by Crippen LogP contribution is 2.19. The van der Waals surface area contributed by atoms with Crippen LogP contribution in [0.4, 0.5) is 0 Å². The third-order valence-electron chi connectivity index (χ3n) is 3.68. The first-order valence-corrected chi connectivity index (χ1v) is 8.96. The largest absolute Gasteiger partial charge is 0.422 e. The lowest BCUT2D eigenvalue weighted by atomic mass is 10.2. The van der Waals surface area contributed by atoms with Gasteiger partial charge < -0.3 is 14.5 Å². The van der Waals surface area contributed by atoms with Crippen LogP contribution < -0.4 is 4.74 Å². The number of morpholine rings is 1. The molecule has 128 valence electrons. The van der Waals surface area contributed by atoms with Gasteiger partial charge >= 0.3 is 5.97 Å². The maximum Gasteiger partial charge on any atom is 0.360 e. The van der Waals surface area contributed by atoms with Crippen LogP contribution in [0.3, 0.4) is 0 Å². The minimum absolute atomic E-state index is 0.0422. The van der Waals surface area contributed by atoms with Crippen LogP contribution in [0, 0.1) is 6.92 Å². The van der Waals surface area contributed by atoms with Crippen LogP contribution in [0.5, 0.6) is 5.75 Å². The van der Waals surface area contributed by atoms with E-state index in [0.29, 0.717) is 32.1 Å². The zero-order valence-corrected chi connectivity index (χ0v) is 14.0. The Hall–Kier alpha value is -2.16. The Labute approximate surface area is 140 Å². The fourth-order valence-electron chi connectivity index (χ4n) is 2.42. The first-order chi connectivity index (χ1) is 11.5. The molecule has 1 fully saturated rings. The van der Waals surface area contributed by atoms with Crippen molar-refractivity contribution in [2.45, 2.75) is 11.8 Å². The summed E-state index contributed by atoms with van der Waals surface area (Å²) in [6.07, 6.45) is 1.30. The molecule has 0 aliphatic carbocycles. The Morgan fingerprint density at radius 3 is 2.71 bits per heavy atom. The fraction of sp³-hybridized carbons (Fsp3) is 0.312. The Bertz CT molecular complexity index is 838. The number of benzene rings is 1. The summed E-state index contributed by atoms with van der Waals surface area (Å²) >= 11 is 0. The lowest BCUT2D eigenvalue weighted by molar-refractivity contribution is 0.0726. The van der Waals surface area contributed by atoms with Crippen LogP contribution in [-0.2, 0) is 14.8 Å². The van der Waals surface area contributed by atoms with Gasteiger partial charge in [0.2, 0.25) is 10.0 Å². The number of nitrogens with zero attached hydrogens (tertiary/aromatic N) is 1. The van der Waals surface area contributed by atoms with Crippen molar-refractivity contribution in [2.75, 3.05) is 26.3 Å². The summed E-state index contributed by atoms with van der Waals surface area (Å²) in [4.78, 5) is 14.9. The zero-order valence-electron chi connectivity index (χ0n) is 13.2. The number of hydrogen-bond donors (Lipinski definition) is 1. The highest BCUT2D eigenvalue weighted by atomic mass is 32.2. The van der Waals surface area contributed by atoms with Crippen molar-refractivity contribution >= 4 is 16.0 Å². The molecule has 8 heteroatoms. The number of aryl methyl sites for hydroxylation is 1. The summed E-state index contributed by atoms with van der Waals surface area (Å²) in [5.74, 6) is -0.226. The quantitative estimate of drug-likeness (QED) is 0.668. The van der Waals surface area contributed by atoms with Gasteiger partial charge in [0.15, 0.2) is 0 Å². The molecular formula is C16H18N2O5S. The summed E-state index contributed by atoms with van der Waals surface area (Å²) in [5.41, 5.74) is 1.05. The van der Waals surface area contributed by atoms with E-state index in [1.54, 1.807) is 18.2 Å². The van der Waals surface area contributed by atoms with Crippen molar-refractivity contribution in [3.63, 3.8) is 0 Å². The van der Waals surface area contributed by atoms with Gasteiger partial charge in [-0.3, -0.25) is 0 Å². The molecule has 1 N–H and O–H groups in total. The third-order valence-corrected chi connectivity index (χ3v) is 5.56. The summed E-state index contributed by atoms with van der Waals surface area (Å²) in [6.45, 7) is 3.23. The second-order valence-electron chi connectivity index (χ2n) is 5.47. The van der Waals surface area contributed by atoms with Crippen molar-refractivity contribution in [3.05, 3.63) is 47.8 Å². The van der Waals surface area contributed by atoms with E-state index in [9.17, 15) is 13.2 Å². The van der Waals surface area contributed by atoms with Gasteiger partial charge in [-0.05, 0) is 30.7 Å². The molecule has 1 aromatic carbocycles. The normalized spacial score (nSPS) is 16.0. The van der Waals surface area contributed by atoms with Gasteiger partial charge in [0.05, 0.1) is 13.2 Å². The van der Waals surface area contributed by atoms with Crippen molar-refractivity contribution < 1.29 is 22.7 Å². The fourth-order valence-corrected chi connectivity index (χ4v) is 3.82. The minimum Gasteiger partial charge on any atom is -0.422 e. The number of aromatic amines is 1. The third kappa shape index (κ3) is 3.50. The predicted octanol–water partition coefficient (Wildman–Crippen LogP) is 1.56. The van der Waals surface area contributed by atoms with E-state index in [2.05, 4.69) is 4.98 Å². The average Bonchev–Trinajstić information content (AvgIpc) is 3.07. The summed E-state index contributed by atoms with van der Waals surface area (Å²) < 4.78 is 36.8. The van der Waals surface area contributed by atoms with Crippen LogP contribution in [-0.4, -0.2) is 50.0 Å². The standard InChI is InChI=1S/C16H18N2O5S/c1-12-3-2-4-13(9-12)23-16(19)15-10-14(11-17-15)24(20,21)18-5-7-22-8-6-18/h2-4,9-11,17H,5-8H2,1H3. The lowest BCUT2D eigenvalue weighted by Gasteiger charge is -2.25. The first-order valence-electron chi connectivity index (χ1n) is 7.52. The van der Waals surface area contributed by atoms with Gasteiger partial charge in [-0.2, -0.15) is 4.31 Å². The lowest BCUT2D eigenvalue weighted by Crippen LogP contribution is -2.40. The number of ether oxygens (including phenoxy) is 2. The molecule has 1 aliphatic heterocycles. The van der Waals surface area contributed by atoms with Gasteiger partial charge in [0, 0.05) is 19.3 Å². The molecule has 0 bridgehead atoms. The molecule has 0 spiro atoms. The molecule has 1 aliphatic rings. The van der Waals surface area contributed by atoms with E-state index in [-0.39, 0.29) is 10.6 Å². The molecule has 1 saturated heterocycles. The average molecular weight is 350 g/mol. The van der Waals surface area contributed by atoms with E-state index in [1.807, 2.05) is 13.0 Å². The van der Waals surface area contributed by atoms with Crippen molar-refractivity contribution in [1.29, 1.82) is 0 Å². The Balaban J connectivity index is 1.76. The second kappa shape index (κ2) is 6.76. The number of carbonyl (C=O) groups excluding carboxylic acids is 1. The number of rotatable bonds is 4. The van der Waals surface area contributed by atoms with E-state index < -0.39 is 16.0 Å². The highest BCUT2D eigenvalue weighted by Gasteiger charge is 2.28. The highest BCUT2D eigenvalue weighted by molar-refractivity contribution is 7.89. The van der Waals surface area contributed by atoms with Gasteiger partial charge in [-0.1, -0.05) is 12.1 Å². The second-order valence-corrected chi connectivity index (χ2v) is 7.41. The Morgan fingerprint density at radius 1 is 1.25 bits per heavy atom. The monoisotopic (exact) mass is 350 g/mol. The summed E-state index contributed by atoms with van der Waals surface area (Å²) in [7, 11) is -3.64. The van der Waals surface area contributed by atoms with Crippen LogP contribution >= 0.6 is 0 Å². The minimum atomic E-state index is -3.64. The molecule has 3 rings (SSSR count). The van der Waals surface area contributed by atoms with Gasteiger partial charge in [0.1, 0.15) is 16.3 Å². The number of H-pyrrole nitrogens is 1. The summed E-state index contributed by atoms with van der Waals surface area (Å²) in [6, 6.07) is 8.36. The van der Waals surface area contributed by atoms with E-state index in [0.717, 1.165) is 5.56 Å². The molecule has 7 nitrogen and oxygen atoms in total. The van der Waals surface area contributed by atoms with Crippen LogP contribution in [0.2, 0.25) is 0 Å². The molecule has 2 aromatic rings. The smallest absolute Gasteiger partial charge is 0.360 e. The van der Waals surface area contributed by atoms with Crippen molar-refractivity contribution in [1.82, 2.24) is 9.29 Å². The van der Waals surface area contributed by atoms with Crippen LogP contribution in [0.15, 0.2) is 41.4 Å². The van der Waals surface area contributed by atoms with E-state index in [4.69, 9.17) is 9.47 Å². The van der Waals surface area contributed by atoms with E-state index in [1.165, 1.54) is 16.6 Å². The molecule has 0 atom stereocenters. The maximum absolute atomic E-state index is 12.5. The zero-order chi connectivity index (χ0) is 17.2. The number of sulfonamides is 1. The number of nitrogens with one attached hydrogen (secondary N) is 1. The number of esters is 1. The number of aromatic nitrogens is 1. The van der Waals surface area contributed by atoms with Crippen molar-refractivity contribution in [2.24, 2.45) is 0 Å². The molecule has 0 amide bonds.